The number of rotatable bonds is 3. The summed E-state index contributed by atoms with van der Waals surface area (Å²) in [7, 11) is 0. The van der Waals surface area contributed by atoms with Gasteiger partial charge in [0.1, 0.15) is 5.78 Å². The maximum atomic E-state index is 11.2. The molecule has 0 aromatic carbocycles. The predicted octanol–water partition coefficient (Wildman–Crippen LogP) is 1.74. The number of ketones is 1. The summed E-state index contributed by atoms with van der Waals surface area (Å²) in [5.74, 6) is -0.449. The molecule has 0 bridgehead atoms. The Kier molecular flexibility index (Phi) is 4.42. The van der Waals surface area contributed by atoms with E-state index in [1.165, 1.54) is 0 Å². The van der Waals surface area contributed by atoms with Gasteiger partial charge < -0.3 is 0 Å². The van der Waals surface area contributed by atoms with Crippen LogP contribution in [0, 0.1) is 11.8 Å². The summed E-state index contributed by atoms with van der Waals surface area (Å²) < 4.78 is 0. The smallest absolute Gasteiger partial charge is 0.198 e. The van der Waals surface area contributed by atoms with Crippen molar-refractivity contribution in [3.05, 3.63) is 0 Å². The van der Waals surface area contributed by atoms with Gasteiger partial charge in [-0.2, -0.15) is 0 Å². The molecule has 0 fully saturated rings. The fourth-order valence-corrected chi connectivity index (χ4v) is 1.26. The quantitative estimate of drug-likeness (QED) is 0.611. The lowest BCUT2D eigenvalue weighted by atomic mass is 9.98. The van der Waals surface area contributed by atoms with E-state index in [1.807, 2.05) is 13.8 Å². The van der Waals surface area contributed by atoms with Crippen molar-refractivity contribution >= 4 is 22.7 Å². The number of Topliss-reactive ketones (excluding diaryl/α,β-unsaturated/α-hetero) is 1. The second-order valence-electron chi connectivity index (χ2n) is 2.80. The van der Waals surface area contributed by atoms with Gasteiger partial charge in [-0.3, -0.25) is 9.59 Å². The number of carbonyl (C=O) groups is 2. The summed E-state index contributed by atoms with van der Waals surface area (Å²) in [6.07, 6.45) is 1.70. The van der Waals surface area contributed by atoms with Crippen LogP contribution in [0.2, 0.25) is 0 Å². The molecule has 0 aromatic rings. The molecular weight excluding hydrogens is 160 g/mol. The molecule has 64 valence electrons. The standard InChI is InChI=1S/C8H14O2S/c1-5(2)7(9)6(3)8(10)11-4/h5-6H,1-4H3. The molecular formula is C8H14O2S. The van der Waals surface area contributed by atoms with Gasteiger partial charge in [-0.15, -0.1) is 0 Å². The maximum absolute atomic E-state index is 11.2. The van der Waals surface area contributed by atoms with Crippen molar-refractivity contribution in [3.8, 4) is 0 Å². The van der Waals surface area contributed by atoms with Crippen LogP contribution in [0.3, 0.4) is 0 Å². The summed E-state index contributed by atoms with van der Waals surface area (Å²) in [5.41, 5.74) is 0. The number of hydrogen-bond acceptors (Lipinski definition) is 3. The minimum absolute atomic E-state index is 0.0318. The lowest BCUT2D eigenvalue weighted by Crippen LogP contribution is -2.22. The molecule has 0 amide bonds. The van der Waals surface area contributed by atoms with E-state index in [2.05, 4.69) is 0 Å². The van der Waals surface area contributed by atoms with Gasteiger partial charge in [0, 0.05) is 5.92 Å². The van der Waals surface area contributed by atoms with Crippen LogP contribution in [-0.2, 0) is 9.59 Å². The molecule has 0 saturated heterocycles. The summed E-state index contributed by atoms with van der Waals surface area (Å²) in [6.45, 7) is 5.29. The summed E-state index contributed by atoms with van der Waals surface area (Å²) >= 11 is 1.12. The highest BCUT2D eigenvalue weighted by molar-refractivity contribution is 8.13. The van der Waals surface area contributed by atoms with Gasteiger partial charge in [-0.25, -0.2) is 0 Å². The first-order valence-electron chi connectivity index (χ1n) is 3.62. The normalized spacial score (nSPS) is 13.2. The highest BCUT2D eigenvalue weighted by Gasteiger charge is 2.22. The zero-order valence-corrected chi connectivity index (χ0v) is 8.20. The van der Waals surface area contributed by atoms with Crippen molar-refractivity contribution in [1.29, 1.82) is 0 Å². The molecule has 0 aliphatic heterocycles. The SMILES string of the molecule is CSC(=O)C(C)C(=O)C(C)C. The summed E-state index contributed by atoms with van der Waals surface area (Å²) in [4.78, 5) is 22.2. The van der Waals surface area contributed by atoms with Crippen molar-refractivity contribution in [1.82, 2.24) is 0 Å². The molecule has 0 spiro atoms. The van der Waals surface area contributed by atoms with Gasteiger partial charge in [0.25, 0.3) is 0 Å². The van der Waals surface area contributed by atoms with E-state index < -0.39 is 5.92 Å². The zero-order chi connectivity index (χ0) is 9.02. The van der Waals surface area contributed by atoms with E-state index in [0.717, 1.165) is 11.8 Å². The number of carbonyl (C=O) groups excluding carboxylic acids is 2. The minimum atomic E-state index is -0.440. The van der Waals surface area contributed by atoms with Gasteiger partial charge in [0.2, 0.25) is 0 Å². The van der Waals surface area contributed by atoms with Gasteiger partial charge in [-0.1, -0.05) is 25.6 Å². The Morgan fingerprint density at radius 2 is 1.64 bits per heavy atom. The summed E-state index contributed by atoms with van der Waals surface area (Å²) in [5, 5.41) is -0.0382. The van der Waals surface area contributed by atoms with E-state index in [4.69, 9.17) is 0 Å². The third-order valence-corrected chi connectivity index (χ3v) is 2.31. The first-order chi connectivity index (χ1) is 5.00. The molecule has 0 aliphatic carbocycles. The predicted molar refractivity (Wildman–Crippen MR) is 47.5 cm³/mol. The molecule has 0 N–H and O–H groups in total. The molecule has 0 radical (unpaired) electrons. The fourth-order valence-electron chi connectivity index (χ4n) is 0.793. The molecule has 11 heavy (non-hydrogen) atoms. The van der Waals surface area contributed by atoms with Gasteiger partial charge in [0.05, 0.1) is 5.92 Å². The molecule has 3 heteroatoms. The second-order valence-corrected chi connectivity index (χ2v) is 3.61. The summed E-state index contributed by atoms with van der Waals surface area (Å²) in [6, 6.07) is 0. The molecule has 0 aliphatic rings. The Bertz CT molecular complexity index is 163. The molecule has 2 nitrogen and oxygen atoms in total. The number of hydrogen-bond donors (Lipinski definition) is 0. The van der Waals surface area contributed by atoms with Crippen molar-refractivity contribution in [2.24, 2.45) is 11.8 Å². The highest BCUT2D eigenvalue weighted by Crippen LogP contribution is 2.12. The van der Waals surface area contributed by atoms with Crippen LogP contribution in [0.25, 0.3) is 0 Å². The average molecular weight is 174 g/mol. The van der Waals surface area contributed by atoms with E-state index in [0.29, 0.717) is 0 Å². The van der Waals surface area contributed by atoms with E-state index in [9.17, 15) is 9.59 Å². The van der Waals surface area contributed by atoms with Crippen LogP contribution in [0.5, 0.6) is 0 Å². The Morgan fingerprint density at radius 1 is 1.18 bits per heavy atom. The third kappa shape index (κ3) is 3.06. The molecule has 0 saturated carbocycles. The van der Waals surface area contributed by atoms with E-state index in [-0.39, 0.29) is 16.8 Å². The van der Waals surface area contributed by atoms with Crippen LogP contribution in [0.15, 0.2) is 0 Å². The molecule has 0 rings (SSSR count). The van der Waals surface area contributed by atoms with Crippen LogP contribution in [0.1, 0.15) is 20.8 Å². The van der Waals surface area contributed by atoms with E-state index >= 15 is 0 Å². The van der Waals surface area contributed by atoms with Crippen LogP contribution >= 0.6 is 11.8 Å². The Labute approximate surface area is 71.7 Å². The minimum Gasteiger partial charge on any atom is -0.299 e. The van der Waals surface area contributed by atoms with Crippen LogP contribution in [-0.4, -0.2) is 17.2 Å². The topological polar surface area (TPSA) is 34.1 Å². The van der Waals surface area contributed by atoms with Gasteiger partial charge in [-0.05, 0) is 13.2 Å². The Balaban J connectivity index is 4.13. The lowest BCUT2D eigenvalue weighted by molar-refractivity contribution is -0.130. The average Bonchev–Trinajstić information content (AvgIpc) is 2.00. The van der Waals surface area contributed by atoms with E-state index in [1.54, 1.807) is 13.2 Å². The van der Waals surface area contributed by atoms with Gasteiger partial charge >= 0.3 is 0 Å². The van der Waals surface area contributed by atoms with Crippen molar-refractivity contribution in [2.45, 2.75) is 20.8 Å². The second kappa shape index (κ2) is 4.54. The Morgan fingerprint density at radius 3 is 1.91 bits per heavy atom. The lowest BCUT2D eigenvalue weighted by Gasteiger charge is -2.09. The first kappa shape index (κ1) is 10.7. The van der Waals surface area contributed by atoms with Crippen molar-refractivity contribution in [3.63, 3.8) is 0 Å². The maximum Gasteiger partial charge on any atom is 0.198 e. The zero-order valence-electron chi connectivity index (χ0n) is 7.38. The molecule has 1 unspecified atom stereocenters. The molecule has 0 heterocycles. The fraction of sp³-hybridized carbons (Fsp3) is 0.750. The number of thioether (sulfide) groups is 1. The first-order valence-corrected chi connectivity index (χ1v) is 4.84. The van der Waals surface area contributed by atoms with Crippen LogP contribution < -0.4 is 0 Å². The van der Waals surface area contributed by atoms with Gasteiger partial charge in [0.15, 0.2) is 5.12 Å². The van der Waals surface area contributed by atoms with Crippen molar-refractivity contribution in [2.75, 3.05) is 6.26 Å². The third-order valence-electron chi connectivity index (χ3n) is 1.55. The highest BCUT2D eigenvalue weighted by atomic mass is 32.2. The molecule has 1 atom stereocenters. The monoisotopic (exact) mass is 174 g/mol. The van der Waals surface area contributed by atoms with Crippen LogP contribution in [0.4, 0.5) is 0 Å². The molecule has 0 aromatic heterocycles. The Hall–Kier alpha value is -0.310. The van der Waals surface area contributed by atoms with Crippen molar-refractivity contribution < 1.29 is 9.59 Å². The largest absolute Gasteiger partial charge is 0.299 e.